The average Bonchev–Trinajstić information content (AvgIpc) is 3.16. The predicted octanol–water partition coefficient (Wildman–Crippen LogP) is 3.44. The lowest BCUT2D eigenvalue weighted by atomic mass is 10.1. The maximum Gasteiger partial charge on any atom is 0.320 e. The standard InChI is InChI=1S/C19H20N4O4S/c1-5-14-16(11-6-8-12(25-2)9-7-11)22-19(28-14)23-17(24)13-10-15(26-3)21-18(20-13)27-4/h6-10H,5H2,1-4H3,(H,22,23,24). The highest BCUT2D eigenvalue weighted by atomic mass is 32.1. The van der Waals surface area contributed by atoms with Gasteiger partial charge in [-0.15, -0.1) is 11.3 Å². The number of hydrogen-bond donors (Lipinski definition) is 1. The fourth-order valence-corrected chi connectivity index (χ4v) is 3.41. The third kappa shape index (κ3) is 4.20. The molecule has 1 N–H and O–H groups in total. The molecule has 3 rings (SSSR count). The molecule has 0 aliphatic carbocycles. The number of nitrogens with one attached hydrogen (secondary N) is 1. The molecule has 0 aliphatic heterocycles. The van der Waals surface area contributed by atoms with Crippen LogP contribution in [0.3, 0.4) is 0 Å². The second-order valence-corrected chi connectivity index (χ2v) is 6.69. The minimum Gasteiger partial charge on any atom is -0.497 e. The van der Waals surface area contributed by atoms with Crippen molar-refractivity contribution in [3.05, 3.63) is 40.9 Å². The van der Waals surface area contributed by atoms with Crippen molar-refractivity contribution in [1.82, 2.24) is 15.0 Å². The number of methoxy groups -OCH3 is 3. The maximum absolute atomic E-state index is 12.6. The van der Waals surface area contributed by atoms with E-state index in [0.717, 1.165) is 28.3 Å². The third-order valence-electron chi connectivity index (χ3n) is 3.91. The molecule has 2 aromatic heterocycles. The summed E-state index contributed by atoms with van der Waals surface area (Å²) in [5.41, 5.74) is 1.92. The normalized spacial score (nSPS) is 10.4. The lowest BCUT2D eigenvalue weighted by Gasteiger charge is -2.05. The predicted molar refractivity (Wildman–Crippen MR) is 107 cm³/mol. The van der Waals surface area contributed by atoms with Crippen molar-refractivity contribution in [2.75, 3.05) is 26.6 Å². The van der Waals surface area contributed by atoms with E-state index in [0.29, 0.717) is 5.13 Å². The molecule has 1 amide bonds. The Balaban J connectivity index is 1.86. The largest absolute Gasteiger partial charge is 0.497 e. The van der Waals surface area contributed by atoms with E-state index in [4.69, 9.17) is 14.2 Å². The van der Waals surface area contributed by atoms with E-state index in [2.05, 4.69) is 20.3 Å². The first-order valence-electron chi connectivity index (χ1n) is 8.50. The molecule has 28 heavy (non-hydrogen) atoms. The van der Waals surface area contributed by atoms with E-state index in [1.165, 1.54) is 31.6 Å². The van der Waals surface area contributed by atoms with Crippen molar-refractivity contribution in [2.24, 2.45) is 0 Å². The number of amides is 1. The Morgan fingerprint density at radius 3 is 2.39 bits per heavy atom. The summed E-state index contributed by atoms with van der Waals surface area (Å²) < 4.78 is 15.3. The van der Waals surface area contributed by atoms with Crippen LogP contribution in [0.2, 0.25) is 0 Å². The van der Waals surface area contributed by atoms with Gasteiger partial charge in [0.1, 0.15) is 11.4 Å². The Morgan fingerprint density at radius 2 is 1.79 bits per heavy atom. The van der Waals surface area contributed by atoms with E-state index >= 15 is 0 Å². The zero-order valence-corrected chi connectivity index (χ0v) is 16.8. The van der Waals surface area contributed by atoms with Crippen LogP contribution >= 0.6 is 11.3 Å². The number of aromatic nitrogens is 3. The van der Waals surface area contributed by atoms with Crippen molar-refractivity contribution >= 4 is 22.4 Å². The highest BCUT2D eigenvalue weighted by molar-refractivity contribution is 7.16. The van der Waals surface area contributed by atoms with Gasteiger partial charge >= 0.3 is 6.01 Å². The van der Waals surface area contributed by atoms with Crippen LogP contribution < -0.4 is 19.5 Å². The monoisotopic (exact) mass is 400 g/mol. The van der Waals surface area contributed by atoms with Crippen LogP contribution in [0, 0.1) is 0 Å². The summed E-state index contributed by atoms with van der Waals surface area (Å²) in [4.78, 5) is 26.3. The van der Waals surface area contributed by atoms with Gasteiger partial charge in [-0.2, -0.15) is 9.97 Å². The lowest BCUT2D eigenvalue weighted by molar-refractivity contribution is 0.102. The van der Waals surface area contributed by atoms with E-state index in [-0.39, 0.29) is 17.6 Å². The summed E-state index contributed by atoms with van der Waals surface area (Å²) >= 11 is 1.43. The van der Waals surface area contributed by atoms with Gasteiger partial charge in [0.15, 0.2) is 5.13 Å². The highest BCUT2D eigenvalue weighted by Gasteiger charge is 2.17. The van der Waals surface area contributed by atoms with Crippen molar-refractivity contribution in [1.29, 1.82) is 0 Å². The van der Waals surface area contributed by atoms with Gasteiger partial charge in [0, 0.05) is 16.5 Å². The van der Waals surface area contributed by atoms with Gasteiger partial charge in [0.05, 0.1) is 27.0 Å². The second-order valence-electron chi connectivity index (χ2n) is 5.61. The summed E-state index contributed by atoms with van der Waals surface area (Å²) in [6.07, 6.45) is 0.796. The maximum atomic E-state index is 12.6. The molecule has 0 unspecified atom stereocenters. The SMILES string of the molecule is CCc1sc(NC(=O)c2cc(OC)nc(OC)n2)nc1-c1ccc(OC)cc1. The fourth-order valence-electron chi connectivity index (χ4n) is 2.50. The van der Waals surface area contributed by atoms with E-state index in [1.54, 1.807) is 7.11 Å². The van der Waals surface area contributed by atoms with Gasteiger partial charge < -0.3 is 14.2 Å². The lowest BCUT2D eigenvalue weighted by Crippen LogP contribution is -2.14. The number of benzene rings is 1. The smallest absolute Gasteiger partial charge is 0.320 e. The third-order valence-corrected chi connectivity index (χ3v) is 5.02. The summed E-state index contributed by atoms with van der Waals surface area (Å²) in [5.74, 6) is 0.596. The molecule has 0 bridgehead atoms. The molecule has 0 aliphatic rings. The van der Waals surface area contributed by atoms with Crippen LogP contribution in [-0.4, -0.2) is 42.2 Å². The van der Waals surface area contributed by atoms with Crippen LogP contribution in [0.15, 0.2) is 30.3 Å². The van der Waals surface area contributed by atoms with Crippen molar-refractivity contribution in [2.45, 2.75) is 13.3 Å². The molecular formula is C19H20N4O4S. The van der Waals surface area contributed by atoms with Gasteiger partial charge in [0.2, 0.25) is 5.88 Å². The van der Waals surface area contributed by atoms with Gasteiger partial charge in [-0.05, 0) is 30.7 Å². The number of thiazole rings is 1. The molecule has 2 heterocycles. The minimum absolute atomic E-state index is 0.0526. The topological polar surface area (TPSA) is 95.5 Å². The number of aryl methyl sites for hydroxylation is 1. The number of carbonyl (C=O) groups excluding carboxylic acids is 1. The van der Waals surface area contributed by atoms with E-state index < -0.39 is 5.91 Å². The van der Waals surface area contributed by atoms with Gasteiger partial charge in [-0.3, -0.25) is 10.1 Å². The number of hydrogen-bond acceptors (Lipinski definition) is 8. The fraction of sp³-hybridized carbons (Fsp3) is 0.263. The molecule has 3 aromatic rings. The first-order chi connectivity index (χ1) is 13.6. The van der Waals surface area contributed by atoms with Crippen LogP contribution in [0.5, 0.6) is 17.6 Å². The summed E-state index contributed by atoms with van der Waals surface area (Å²) in [5, 5.41) is 3.28. The van der Waals surface area contributed by atoms with Crippen LogP contribution in [0.25, 0.3) is 11.3 Å². The van der Waals surface area contributed by atoms with Crippen molar-refractivity contribution < 1.29 is 19.0 Å². The Bertz CT molecular complexity index is 950. The molecule has 8 nitrogen and oxygen atoms in total. The van der Waals surface area contributed by atoms with Gasteiger partial charge in [-0.25, -0.2) is 4.98 Å². The van der Waals surface area contributed by atoms with Gasteiger partial charge in [-0.1, -0.05) is 6.92 Å². The van der Waals surface area contributed by atoms with Crippen LogP contribution in [0.1, 0.15) is 22.3 Å². The van der Waals surface area contributed by atoms with Crippen molar-refractivity contribution in [3.63, 3.8) is 0 Å². The molecule has 0 saturated carbocycles. The van der Waals surface area contributed by atoms with Crippen LogP contribution in [-0.2, 0) is 6.42 Å². The Labute approximate surface area is 166 Å². The van der Waals surface area contributed by atoms with E-state index in [1.807, 2.05) is 31.2 Å². The molecule has 0 atom stereocenters. The molecular weight excluding hydrogens is 380 g/mol. The molecule has 0 fully saturated rings. The number of nitrogens with zero attached hydrogens (tertiary/aromatic N) is 3. The molecule has 0 saturated heterocycles. The summed E-state index contributed by atoms with van der Waals surface area (Å²) in [6.45, 7) is 2.05. The Hall–Kier alpha value is -3.20. The number of carbonyl (C=O) groups is 1. The number of ether oxygens (including phenoxy) is 3. The minimum atomic E-state index is -0.420. The molecule has 1 aromatic carbocycles. The molecule has 0 spiro atoms. The average molecular weight is 400 g/mol. The zero-order chi connectivity index (χ0) is 20.1. The van der Waals surface area contributed by atoms with E-state index in [9.17, 15) is 4.79 Å². The summed E-state index contributed by atoms with van der Waals surface area (Å²) in [6, 6.07) is 9.14. The summed E-state index contributed by atoms with van der Waals surface area (Å²) in [7, 11) is 4.50. The van der Waals surface area contributed by atoms with Crippen LogP contribution in [0.4, 0.5) is 5.13 Å². The molecule has 9 heteroatoms. The Kier molecular flexibility index (Phi) is 6.05. The number of rotatable bonds is 7. The quantitative estimate of drug-likeness (QED) is 0.649. The second kappa shape index (κ2) is 8.66. The first kappa shape index (κ1) is 19.6. The number of anilines is 1. The molecule has 146 valence electrons. The zero-order valence-electron chi connectivity index (χ0n) is 16.0. The molecule has 0 radical (unpaired) electrons. The first-order valence-corrected chi connectivity index (χ1v) is 9.32. The Morgan fingerprint density at radius 1 is 1.04 bits per heavy atom. The van der Waals surface area contributed by atoms with Gasteiger partial charge in [0.25, 0.3) is 5.91 Å². The van der Waals surface area contributed by atoms with Crippen molar-refractivity contribution in [3.8, 4) is 28.9 Å². The highest BCUT2D eigenvalue weighted by Crippen LogP contribution is 2.32.